The Morgan fingerprint density at radius 1 is 1.14 bits per heavy atom. The Balaban J connectivity index is 1.78. The molecule has 2 amide bonds. The molecule has 0 saturated carbocycles. The van der Waals surface area contributed by atoms with Gasteiger partial charge in [0.2, 0.25) is 5.91 Å². The number of hydrogen-bond donors (Lipinski definition) is 1. The van der Waals surface area contributed by atoms with Gasteiger partial charge < -0.3 is 10.2 Å². The number of carbonyl (C=O) groups is 2. The first-order chi connectivity index (χ1) is 13.5. The Kier molecular flexibility index (Phi) is 4.73. The third-order valence-corrected chi connectivity index (χ3v) is 6.08. The molecule has 6 heteroatoms. The van der Waals surface area contributed by atoms with Crippen LogP contribution in [-0.4, -0.2) is 23.8 Å². The second-order valence-corrected chi connectivity index (χ2v) is 7.87. The van der Waals surface area contributed by atoms with E-state index in [2.05, 4.69) is 5.32 Å². The van der Waals surface area contributed by atoms with Crippen molar-refractivity contribution in [3.63, 3.8) is 0 Å². The van der Waals surface area contributed by atoms with Crippen LogP contribution in [0.3, 0.4) is 0 Å². The van der Waals surface area contributed by atoms with Crippen molar-refractivity contribution in [2.45, 2.75) is 18.9 Å². The van der Waals surface area contributed by atoms with E-state index in [1.807, 2.05) is 29.6 Å². The summed E-state index contributed by atoms with van der Waals surface area (Å²) in [5.74, 6) is -1.35. The number of nitrogens with one attached hydrogen (secondary N) is 1. The molecule has 0 bridgehead atoms. The molecular weight excluding hydrogens is 375 g/mol. The van der Waals surface area contributed by atoms with E-state index in [-0.39, 0.29) is 17.6 Å². The highest BCUT2D eigenvalue weighted by atomic mass is 32.1. The van der Waals surface area contributed by atoms with Gasteiger partial charge in [-0.2, -0.15) is 0 Å². The van der Waals surface area contributed by atoms with Crippen LogP contribution in [0.2, 0.25) is 0 Å². The van der Waals surface area contributed by atoms with E-state index >= 15 is 0 Å². The van der Waals surface area contributed by atoms with Crippen molar-refractivity contribution in [2.24, 2.45) is 0 Å². The fourth-order valence-corrected chi connectivity index (χ4v) is 4.57. The van der Waals surface area contributed by atoms with Crippen LogP contribution in [0, 0.1) is 12.7 Å². The molecule has 1 aliphatic rings. The number of likely N-dealkylation sites (N-methyl/N-ethyl adjacent to an activating group) is 1. The van der Waals surface area contributed by atoms with Crippen LogP contribution in [-0.2, 0) is 4.79 Å². The minimum absolute atomic E-state index is 0.112. The zero-order valence-corrected chi connectivity index (χ0v) is 16.3. The number of fused-ring (bicyclic) bond motifs is 1. The largest absolute Gasteiger partial charge is 0.333 e. The third-order valence-electron chi connectivity index (χ3n) is 5.14. The van der Waals surface area contributed by atoms with Crippen molar-refractivity contribution in [3.05, 3.63) is 87.4 Å². The molecule has 28 heavy (non-hydrogen) atoms. The zero-order valence-electron chi connectivity index (χ0n) is 15.5. The number of anilines is 1. The van der Waals surface area contributed by atoms with E-state index in [0.29, 0.717) is 22.4 Å². The van der Waals surface area contributed by atoms with Gasteiger partial charge in [-0.1, -0.05) is 30.3 Å². The van der Waals surface area contributed by atoms with Crippen LogP contribution in [0.5, 0.6) is 0 Å². The summed E-state index contributed by atoms with van der Waals surface area (Å²) in [6.45, 7) is 1.67. The highest BCUT2D eigenvalue weighted by Crippen LogP contribution is 2.43. The van der Waals surface area contributed by atoms with E-state index in [1.54, 1.807) is 43.1 Å². The summed E-state index contributed by atoms with van der Waals surface area (Å²) in [5.41, 5.74) is 2.12. The highest BCUT2D eigenvalue weighted by molar-refractivity contribution is 7.10. The van der Waals surface area contributed by atoms with Gasteiger partial charge in [0.15, 0.2) is 0 Å². The standard InChI is InChI=1S/C22H19FN2O2S/c1-13-9-10-14(12-17(13)23)24-21(26)19-15-6-3-4-7-16(15)22(27)25(2)20(19)18-8-5-11-28-18/h3-12,19-20H,1-2H3,(H,24,26)/t19-,20+/m1/s1. The molecule has 1 N–H and O–H groups in total. The van der Waals surface area contributed by atoms with Gasteiger partial charge in [-0.25, -0.2) is 4.39 Å². The molecule has 2 heterocycles. The predicted molar refractivity (Wildman–Crippen MR) is 108 cm³/mol. The number of nitrogens with zero attached hydrogens (tertiary/aromatic N) is 1. The van der Waals surface area contributed by atoms with Crippen LogP contribution < -0.4 is 5.32 Å². The number of halogens is 1. The van der Waals surface area contributed by atoms with Gasteiger partial charge in [0.25, 0.3) is 5.91 Å². The Morgan fingerprint density at radius 3 is 2.64 bits per heavy atom. The summed E-state index contributed by atoms with van der Waals surface area (Å²) in [6.07, 6.45) is 0. The van der Waals surface area contributed by atoms with Gasteiger partial charge in [-0.3, -0.25) is 9.59 Å². The number of carbonyl (C=O) groups excluding carboxylic acids is 2. The van der Waals surface area contributed by atoms with Gasteiger partial charge >= 0.3 is 0 Å². The molecule has 2 atom stereocenters. The van der Waals surface area contributed by atoms with E-state index in [9.17, 15) is 14.0 Å². The topological polar surface area (TPSA) is 49.4 Å². The summed E-state index contributed by atoms with van der Waals surface area (Å²) in [5, 5.41) is 4.76. The lowest BCUT2D eigenvalue weighted by Gasteiger charge is -2.39. The maximum Gasteiger partial charge on any atom is 0.254 e. The summed E-state index contributed by atoms with van der Waals surface area (Å²) in [6, 6.07) is 15.2. The normalized spacial score (nSPS) is 18.7. The lowest BCUT2D eigenvalue weighted by Crippen LogP contribution is -2.43. The van der Waals surface area contributed by atoms with Crippen molar-refractivity contribution in [1.82, 2.24) is 4.90 Å². The number of thiophene rings is 1. The molecule has 0 radical (unpaired) electrons. The minimum Gasteiger partial charge on any atom is -0.333 e. The van der Waals surface area contributed by atoms with E-state index < -0.39 is 12.0 Å². The molecule has 4 rings (SSSR count). The number of aryl methyl sites for hydroxylation is 1. The smallest absolute Gasteiger partial charge is 0.254 e. The monoisotopic (exact) mass is 394 g/mol. The number of hydrogen-bond acceptors (Lipinski definition) is 3. The first kappa shape index (κ1) is 18.4. The Bertz CT molecular complexity index is 1050. The summed E-state index contributed by atoms with van der Waals surface area (Å²) in [7, 11) is 1.72. The Labute approximate surface area is 166 Å². The number of rotatable bonds is 3. The maximum absolute atomic E-state index is 13.9. The third kappa shape index (κ3) is 3.10. The summed E-state index contributed by atoms with van der Waals surface area (Å²) in [4.78, 5) is 28.7. The van der Waals surface area contributed by atoms with E-state index in [1.165, 1.54) is 17.4 Å². The van der Waals surface area contributed by atoms with Gasteiger partial charge in [0.1, 0.15) is 5.82 Å². The molecule has 2 aromatic carbocycles. The molecule has 1 aliphatic heterocycles. The molecule has 0 spiro atoms. The van der Waals surface area contributed by atoms with Crippen molar-refractivity contribution < 1.29 is 14.0 Å². The Hall–Kier alpha value is -2.99. The molecule has 142 valence electrons. The van der Waals surface area contributed by atoms with Crippen LogP contribution >= 0.6 is 11.3 Å². The van der Waals surface area contributed by atoms with Crippen molar-refractivity contribution >= 4 is 28.8 Å². The second-order valence-electron chi connectivity index (χ2n) is 6.89. The van der Waals surface area contributed by atoms with E-state index in [4.69, 9.17) is 0 Å². The predicted octanol–water partition coefficient (Wildman–Crippen LogP) is 4.74. The lowest BCUT2D eigenvalue weighted by atomic mass is 9.81. The Morgan fingerprint density at radius 2 is 1.93 bits per heavy atom. The first-order valence-corrected chi connectivity index (χ1v) is 9.82. The SMILES string of the molecule is Cc1ccc(NC(=O)[C@@H]2c3ccccc3C(=O)N(C)[C@H]2c2cccs2)cc1F. The minimum atomic E-state index is -0.595. The fraction of sp³-hybridized carbons (Fsp3) is 0.182. The van der Waals surface area contributed by atoms with Crippen LogP contribution in [0.15, 0.2) is 60.0 Å². The van der Waals surface area contributed by atoms with Crippen molar-refractivity contribution in [3.8, 4) is 0 Å². The zero-order chi connectivity index (χ0) is 19.8. The number of amides is 2. The molecule has 0 saturated heterocycles. The van der Waals surface area contributed by atoms with Gasteiger partial charge in [-0.15, -0.1) is 11.3 Å². The molecule has 0 unspecified atom stereocenters. The van der Waals surface area contributed by atoms with Gasteiger partial charge in [0.05, 0.1) is 12.0 Å². The molecule has 0 aliphatic carbocycles. The first-order valence-electron chi connectivity index (χ1n) is 8.94. The average molecular weight is 394 g/mol. The lowest BCUT2D eigenvalue weighted by molar-refractivity contribution is -0.119. The van der Waals surface area contributed by atoms with Gasteiger partial charge in [0, 0.05) is 23.2 Å². The molecule has 4 nitrogen and oxygen atoms in total. The van der Waals surface area contributed by atoms with Gasteiger partial charge in [-0.05, 0) is 47.7 Å². The fourth-order valence-electron chi connectivity index (χ4n) is 3.66. The van der Waals surface area contributed by atoms with Crippen LogP contribution in [0.4, 0.5) is 10.1 Å². The summed E-state index contributed by atoms with van der Waals surface area (Å²) >= 11 is 1.51. The summed E-state index contributed by atoms with van der Waals surface area (Å²) < 4.78 is 13.9. The van der Waals surface area contributed by atoms with Crippen molar-refractivity contribution in [2.75, 3.05) is 12.4 Å². The maximum atomic E-state index is 13.9. The van der Waals surface area contributed by atoms with Crippen LogP contribution in [0.1, 0.15) is 38.3 Å². The second kappa shape index (κ2) is 7.20. The molecule has 3 aromatic rings. The quantitative estimate of drug-likeness (QED) is 0.697. The van der Waals surface area contributed by atoms with Crippen LogP contribution in [0.25, 0.3) is 0 Å². The highest BCUT2D eigenvalue weighted by Gasteiger charge is 2.43. The van der Waals surface area contributed by atoms with E-state index in [0.717, 1.165) is 4.88 Å². The number of benzene rings is 2. The molecular formula is C22H19FN2O2S. The van der Waals surface area contributed by atoms with Crippen molar-refractivity contribution in [1.29, 1.82) is 0 Å². The average Bonchev–Trinajstić information content (AvgIpc) is 3.21. The molecule has 1 aromatic heterocycles. The molecule has 0 fully saturated rings.